The Balaban J connectivity index is 1.55. The highest BCUT2D eigenvalue weighted by Gasteiger charge is 2.38. The molecule has 1 aliphatic heterocycles. The maximum Gasteiger partial charge on any atom is 0.338 e. The van der Waals surface area contributed by atoms with Crippen molar-refractivity contribution in [2.24, 2.45) is 0 Å². The number of nitrogens with zero attached hydrogens (tertiary/aromatic N) is 1. The third kappa shape index (κ3) is 3.83. The van der Waals surface area contributed by atoms with Gasteiger partial charge in [0.25, 0.3) is 11.8 Å². The Kier molecular flexibility index (Phi) is 5.59. The van der Waals surface area contributed by atoms with Gasteiger partial charge >= 0.3 is 5.97 Å². The average Bonchev–Trinajstić information content (AvgIpc) is 3.04. The molecule has 6 nitrogen and oxygen atoms in total. The van der Waals surface area contributed by atoms with Crippen molar-refractivity contribution in [1.82, 2.24) is 0 Å². The fourth-order valence-electron chi connectivity index (χ4n) is 3.17. The number of carbonyl (C=O) groups excluding carboxylic acids is 4. The van der Waals surface area contributed by atoms with Crippen LogP contribution in [0.15, 0.2) is 66.7 Å². The third-order valence-corrected chi connectivity index (χ3v) is 5.53. The first-order valence-electron chi connectivity index (χ1n) is 9.10. The second-order valence-electron chi connectivity index (χ2n) is 6.64. The Bertz CT molecular complexity index is 1240. The minimum absolute atomic E-state index is 0.0323. The van der Waals surface area contributed by atoms with Crippen LogP contribution in [-0.4, -0.2) is 30.2 Å². The number of rotatable bonds is 5. The lowest BCUT2D eigenvalue weighted by Crippen LogP contribution is -2.29. The van der Waals surface area contributed by atoms with Gasteiger partial charge < -0.3 is 4.74 Å². The summed E-state index contributed by atoms with van der Waals surface area (Å²) < 4.78 is 5.08. The summed E-state index contributed by atoms with van der Waals surface area (Å²) in [5, 5.41) is 0.265. The van der Waals surface area contributed by atoms with Gasteiger partial charge in [0.2, 0.25) is 0 Å². The number of ether oxygens (including phenoxy) is 1. The maximum atomic E-state index is 12.9. The molecule has 31 heavy (non-hydrogen) atoms. The summed E-state index contributed by atoms with van der Waals surface area (Å²) in [6.07, 6.45) is 0. The largest absolute Gasteiger partial charge is 0.454 e. The summed E-state index contributed by atoms with van der Waals surface area (Å²) in [5.41, 5.74) is 0.764. The van der Waals surface area contributed by atoms with Crippen molar-refractivity contribution in [1.29, 1.82) is 0 Å². The molecule has 1 heterocycles. The number of ketones is 1. The number of benzene rings is 3. The average molecular weight is 454 g/mol. The number of imide groups is 1. The molecule has 0 fully saturated rings. The standard InChI is InChI=1S/C23H13Cl2NO5/c24-17-7-4-8-18(20(17)25)26-21(28)15-10-9-14(11-16(15)22(26)29)23(30)31-12-19(27)13-5-2-1-3-6-13/h1-11H,12H2. The molecule has 0 atom stereocenters. The van der Waals surface area contributed by atoms with Crippen LogP contribution in [0.25, 0.3) is 0 Å². The molecule has 3 aromatic carbocycles. The van der Waals surface area contributed by atoms with Crippen LogP contribution in [-0.2, 0) is 4.74 Å². The molecule has 0 aliphatic carbocycles. The van der Waals surface area contributed by atoms with E-state index in [0.717, 1.165) is 4.90 Å². The Labute approximate surface area is 186 Å². The Hall–Kier alpha value is -3.48. The first-order chi connectivity index (χ1) is 14.9. The van der Waals surface area contributed by atoms with Gasteiger partial charge in [0, 0.05) is 5.56 Å². The zero-order valence-electron chi connectivity index (χ0n) is 15.8. The maximum absolute atomic E-state index is 12.9. The molecular formula is C23H13Cl2NO5. The van der Waals surface area contributed by atoms with Crippen LogP contribution in [0.2, 0.25) is 10.0 Å². The van der Waals surface area contributed by atoms with Crippen LogP contribution < -0.4 is 4.90 Å². The molecule has 4 rings (SSSR count). The summed E-state index contributed by atoms with van der Waals surface area (Å²) in [7, 11) is 0. The van der Waals surface area contributed by atoms with Gasteiger partial charge in [-0.2, -0.15) is 0 Å². The van der Waals surface area contributed by atoms with Gasteiger partial charge in [-0.25, -0.2) is 9.69 Å². The van der Waals surface area contributed by atoms with Crippen LogP contribution in [0.1, 0.15) is 41.4 Å². The Morgan fingerprint density at radius 3 is 2.26 bits per heavy atom. The van der Waals surface area contributed by atoms with Gasteiger partial charge in [0.1, 0.15) is 0 Å². The van der Waals surface area contributed by atoms with E-state index in [1.165, 1.54) is 30.3 Å². The van der Waals surface area contributed by atoms with E-state index < -0.39 is 24.4 Å². The number of amides is 2. The molecule has 3 aromatic rings. The Morgan fingerprint density at radius 2 is 1.52 bits per heavy atom. The molecule has 0 unspecified atom stereocenters. The fourth-order valence-corrected chi connectivity index (χ4v) is 3.55. The minimum atomic E-state index is -0.786. The van der Waals surface area contributed by atoms with Crippen molar-refractivity contribution in [3.05, 3.63) is 99.0 Å². The first kappa shape index (κ1) is 20.8. The SMILES string of the molecule is O=C(COC(=O)c1ccc2c(c1)C(=O)N(c1cccc(Cl)c1Cl)C2=O)c1ccccc1. The summed E-state index contributed by atoms with van der Waals surface area (Å²) in [5.74, 6) is -2.36. The van der Waals surface area contributed by atoms with Crippen LogP contribution in [0.5, 0.6) is 0 Å². The number of esters is 1. The van der Waals surface area contributed by atoms with E-state index in [1.54, 1.807) is 36.4 Å². The topological polar surface area (TPSA) is 80.8 Å². The van der Waals surface area contributed by atoms with E-state index in [-0.39, 0.29) is 38.2 Å². The van der Waals surface area contributed by atoms with Gasteiger partial charge in [-0.15, -0.1) is 0 Å². The van der Waals surface area contributed by atoms with E-state index in [0.29, 0.717) is 5.56 Å². The van der Waals surface area contributed by atoms with E-state index in [4.69, 9.17) is 27.9 Å². The fraction of sp³-hybridized carbons (Fsp3) is 0.0435. The molecule has 2 amide bonds. The molecular weight excluding hydrogens is 441 g/mol. The highest BCUT2D eigenvalue weighted by molar-refractivity contribution is 6.46. The highest BCUT2D eigenvalue weighted by atomic mass is 35.5. The second kappa shape index (κ2) is 8.34. The van der Waals surface area contributed by atoms with Gasteiger partial charge in [0.05, 0.1) is 32.4 Å². The lowest BCUT2D eigenvalue weighted by Gasteiger charge is -2.15. The van der Waals surface area contributed by atoms with Gasteiger partial charge in [-0.05, 0) is 30.3 Å². The number of hydrogen-bond donors (Lipinski definition) is 0. The number of Topliss-reactive ketones (excluding diaryl/α,β-unsaturated/α-hetero) is 1. The van der Waals surface area contributed by atoms with E-state index >= 15 is 0 Å². The van der Waals surface area contributed by atoms with Crippen LogP contribution in [0.4, 0.5) is 5.69 Å². The van der Waals surface area contributed by atoms with Crippen LogP contribution in [0.3, 0.4) is 0 Å². The molecule has 0 N–H and O–H groups in total. The minimum Gasteiger partial charge on any atom is -0.454 e. The normalized spacial score (nSPS) is 12.6. The predicted molar refractivity (Wildman–Crippen MR) is 115 cm³/mol. The number of fused-ring (bicyclic) bond motifs is 1. The van der Waals surface area contributed by atoms with E-state index in [2.05, 4.69) is 0 Å². The third-order valence-electron chi connectivity index (χ3n) is 4.72. The lowest BCUT2D eigenvalue weighted by atomic mass is 10.1. The van der Waals surface area contributed by atoms with Crippen molar-refractivity contribution in [2.75, 3.05) is 11.5 Å². The Morgan fingerprint density at radius 1 is 0.806 bits per heavy atom. The number of halogens is 2. The summed E-state index contributed by atoms with van der Waals surface area (Å²) in [6, 6.07) is 17.0. The lowest BCUT2D eigenvalue weighted by molar-refractivity contribution is 0.0474. The molecule has 0 saturated carbocycles. The van der Waals surface area contributed by atoms with Crippen molar-refractivity contribution < 1.29 is 23.9 Å². The number of anilines is 1. The smallest absolute Gasteiger partial charge is 0.338 e. The molecule has 0 radical (unpaired) electrons. The van der Waals surface area contributed by atoms with Crippen LogP contribution >= 0.6 is 23.2 Å². The van der Waals surface area contributed by atoms with Crippen molar-refractivity contribution in [3.63, 3.8) is 0 Å². The van der Waals surface area contributed by atoms with Crippen LogP contribution in [0, 0.1) is 0 Å². The quantitative estimate of drug-likeness (QED) is 0.313. The number of hydrogen-bond acceptors (Lipinski definition) is 5. The summed E-state index contributed by atoms with van der Waals surface area (Å²) >= 11 is 12.2. The zero-order chi connectivity index (χ0) is 22.1. The molecule has 0 aromatic heterocycles. The van der Waals surface area contributed by atoms with Crippen molar-refractivity contribution in [3.8, 4) is 0 Å². The molecule has 0 saturated heterocycles. The zero-order valence-corrected chi connectivity index (χ0v) is 17.3. The van der Waals surface area contributed by atoms with Gasteiger partial charge in [-0.3, -0.25) is 14.4 Å². The predicted octanol–water partition coefficient (Wildman–Crippen LogP) is 4.83. The monoisotopic (exact) mass is 453 g/mol. The molecule has 0 spiro atoms. The van der Waals surface area contributed by atoms with Gasteiger partial charge in [0.15, 0.2) is 12.4 Å². The van der Waals surface area contributed by atoms with E-state index in [1.807, 2.05) is 0 Å². The summed E-state index contributed by atoms with van der Waals surface area (Å²) in [4.78, 5) is 51.1. The molecule has 1 aliphatic rings. The van der Waals surface area contributed by atoms with Crippen molar-refractivity contribution in [2.45, 2.75) is 0 Å². The highest BCUT2D eigenvalue weighted by Crippen LogP contribution is 2.37. The molecule has 8 heteroatoms. The summed E-state index contributed by atoms with van der Waals surface area (Å²) in [6.45, 7) is -0.447. The van der Waals surface area contributed by atoms with Crippen molar-refractivity contribution >= 4 is 52.5 Å². The van der Waals surface area contributed by atoms with E-state index in [9.17, 15) is 19.2 Å². The molecule has 154 valence electrons. The molecule has 0 bridgehead atoms. The van der Waals surface area contributed by atoms with Gasteiger partial charge in [-0.1, -0.05) is 59.6 Å². The second-order valence-corrected chi connectivity index (χ2v) is 7.43. The first-order valence-corrected chi connectivity index (χ1v) is 9.86. The number of carbonyl (C=O) groups is 4.